The minimum absolute atomic E-state index is 0. The van der Waals surface area contributed by atoms with Crippen molar-refractivity contribution in [3.05, 3.63) is 51.7 Å². The van der Waals surface area contributed by atoms with E-state index in [9.17, 15) is 8.78 Å². The smallest absolute Gasteiger partial charge is 0.191 e. The molecule has 4 nitrogen and oxygen atoms in total. The number of benzene rings is 1. The molecular formula is C18H23F2IN4S. The van der Waals surface area contributed by atoms with Crippen molar-refractivity contribution in [1.29, 1.82) is 0 Å². The molecule has 1 unspecified atom stereocenters. The van der Waals surface area contributed by atoms with E-state index in [1.807, 2.05) is 4.90 Å². The first-order valence-electron chi connectivity index (χ1n) is 8.27. The van der Waals surface area contributed by atoms with Crippen LogP contribution in [0.1, 0.15) is 16.2 Å². The number of hydrogen-bond acceptors (Lipinski definition) is 3. The fourth-order valence-corrected chi connectivity index (χ4v) is 3.80. The van der Waals surface area contributed by atoms with E-state index in [-0.39, 0.29) is 30.0 Å². The van der Waals surface area contributed by atoms with Gasteiger partial charge in [-0.3, -0.25) is 4.99 Å². The Morgan fingerprint density at radius 2 is 2.12 bits per heavy atom. The Morgan fingerprint density at radius 1 is 1.31 bits per heavy atom. The van der Waals surface area contributed by atoms with E-state index in [0.717, 1.165) is 31.5 Å². The standard InChI is InChI=1S/C18H22F2N4S.HI/c1-12-3-5-15(25-12)10-22-18(21-2)23-14-7-8-24(11-14)17-6-4-13(19)9-16(17)20;/h3-6,9,14H,7-8,10-11H2,1-2H3,(H2,21,22,23);1H. The number of guanidine groups is 1. The summed E-state index contributed by atoms with van der Waals surface area (Å²) in [5, 5.41) is 6.69. The van der Waals surface area contributed by atoms with Crippen LogP contribution in [0.25, 0.3) is 0 Å². The number of aliphatic imine (C=N–C) groups is 1. The van der Waals surface area contributed by atoms with Gasteiger partial charge in [-0.2, -0.15) is 0 Å². The average Bonchev–Trinajstić information content (AvgIpc) is 3.20. The number of hydrogen-bond donors (Lipinski definition) is 2. The summed E-state index contributed by atoms with van der Waals surface area (Å²) in [5.74, 6) is -0.336. The van der Waals surface area contributed by atoms with Gasteiger partial charge in [-0.25, -0.2) is 8.78 Å². The molecule has 1 aromatic carbocycles. The van der Waals surface area contributed by atoms with Crippen LogP contribution in [0.2, 0.25) is 0 Å². The van der Waals surface area contributed by atoms with Gasteiger partial charge in [0.2, 0.25) is 0 Å². The van der Waals surface area contributed by atoms with Crippen molar-refractivity contribution in [2.75, 3.05) is 25.0 Å². The Hall–Kier alpha value is -1.42. The van der Waals surface area contributed by atoms with E-state index < -0.39 is 11.6 Å². The zero-order valence-electron chi connectivity index (χ0n) is 14.8. The summed E-state index contributed by atoms with van der Waals surface area (Å²) in [6.45, 7) is 4.19. The highest BCUT2D eigenvalue weighted by Gasteiger charge is 2.25. The lowest BCUT2D eigenvalue weighted by Crippen LogP contribution is -2.44. The highest BCUT2D eigenvalue weighted by Crippen LogP contribution is 2.24. The van der Waals surface area contributed by atoms with Gasteiger partial charge in [0.1, 0.15) is 11.6 Å². The molecule has 2 aromatic rings. The first kappa shape index (κ1) is 20.9. The molecule has 1 fully saturated rings. The Labute approximate surface area is 173 Å². The summed E-state index contributed by atoms with van der Waals surface area (Å²) < 4.78 is 27.0. The largest absolute Gasteiger partial charge is 0.367 e. The topological polar surface area (TPSA) is 39.7 Å². The fraction of sp³-hybridized carbons (Fsp3) is 0.389. The van der Waals surface area contributed by atoms with Crippen molar-refractivity contribution in [2.45, 2.75) is 25.9 Å². The van der Waals surface area contributed by atoms with E-state index in [1.54, 1.807) is 18.4 Å². The van der Waals surface area contributed by atoms with E-state index in [0.29, 0.717) is 12.2 Å². The molecule has 1 aromatic heterocycles. The monoisotopic (exact) mass is 492 g/mol. The third-order valence-electron chi connectivity index (χ3n) is 4.23. The number of nitrogens with zero attached hydrogens (tertiary/aromatic N) is 2. The van der Waals surface area contributed by atoms with Crippen LogP contribution in [0.4, 0.5) is 14.5 Å². The summed E-state index contributed by atoms with van der Waals surface area (Å²) in [6, 6.07) is 8.10. The predicted octanol–water partition coefficient (Wildman–Crippen LogP) is 3.90. The second-order valence-electron chi connectivity index (χ2n) is 6.11. The summed E-state index contributed by atoms with van der Waals surface area (Å²) in [6.07, 6.45) is 0.871. The molecule has 0 aliphatic carbocycles. The fourth-order valence-electron chi connectivity index (χ4n) is 2.97. The van der Waals surface area contributed by atoms with Crippen LogP contribution in [0.15, 0.2) is 35.3 Å². The van der Waals surface area contributed by atoms with Crippen molar-refractivity contribution < 1.29 is 8.78 Å². The van der Waals surface area contributed by atoms with Crippen LogP contribution >= 0.6 is 35.3 Å². The molecule has 0 amide bonds. The van der Waals surface area contributed by atoms with Crippen molar-refractivity contribution in [3.8, 4) is 0 Å². The van der Waals surface area contributed by atoms with E-state index in [1.165, 1.54) is 21.9 Å². The zero-order chi connectivity index (χ0) is 17.8. The molecule has 1 saturated heterocycles. The second-order valence-corrected chi connectivity index (χ2v) is 7.48. The molecule has 1 aliphatic heterocycles. The van der Waals surface area contributed by atoms with Gasteiger partial charge in [-0.1, -0.05) is 0 Å². The number of halogens is 3. The summed E-state index contributed by atoms with van der Waals surface area (Å²) >= 11 is 1.76. The number of aryl methyl sites for hydroxylation is 1. The minimum Gasteiger partial charge on any atom is -0.367 e. The molecular weight excluding hydrogens is 469 g/mol. The molecule has 26 heavy (non-hydrogen) atoms. The lowest BCUT2D eigenvalue weighted by atomic mass is 10.2. The van der Waals surface area contributed by atoms with Crippen molar-refractivity contribution in [3.63, 3.8) is 0 Å². The van der Waals surface area contributed by atoms with Crippen LogP contribution in [0.3, 0.4) is 0 Å². The SMILES string of the molecule is CN=C(NCc1ccc(C)s1)NC1CCN(c2ccc(F)cc2F)C1.I. The Balaban J connectivity index is 0.00000243. The third-order valence-corrected chi connectivity index (χ3v) is 5.23. The molecule has 2 N–H and O–H groups in total. The van der Waals surface area contributed by atoms with Gasteiger partial charge < -0.3 is 15.5 Å². The van der Waals surface area contributed by atoms with Crippen molar-refractivity contribution in [1.82, 2.24) is 10.6 Å². The van der Waals surface area contributed by atoms with E-state index >= 15 is 0 Å². The van der Waals surface area contributed by atoms with Crippen LogP contribution in [-0.2, 0) is 6.54 Å². The highest BCUT2D eigenvalue weighted by atomic mass is 127. The van der Waals surface area contributed by atoms with Gasteiger partial charge >= 0.3 is 0 Å². The minimum atomic E-state index is -0.552. The van der Waals surface area contributed by atoms with E-state index in [4.69, 9.17) is 0 Å². The maximum absolute atomic E-state index is 13.9. The Bertz CT molecular complexity index is 765. The van der Waals surface area contributed by atoms with Crippen molar-refractivity contribution in [2.24, 2.45) is 4.99 Å². The molecule has 0 spiro atoms. The predicted molar refractivity (Wildman–Crippen MR) is 115 cm³/mol. The highest BCUT2D eigenvalue weighted by molar-refractivity contribution is 14.0. The molecule has 3 rings (SSSR count). The van der Waals surface area contributed by atoms with Gasteiger partial charge in [0.15, 0.2) is 5.96 Å². The first-order valence-corrected chi connectivity index (χ1v) is 9.09. The lowest BCUT2D eigenvalue weighted by Gasteiger charge is -2.20. The van der Waals surface area contributed by atoms with E-state index in [2.05, 4.69) is 34.7 Å². The molecule has 1 aliphatic rings. The average molecular weight is 492 g/mol. The Kier molecular flexibility index (Phi) is 7.63. The molecule has 0 saturated carbocycles. The summed E-state index contributed by atoms with van der Waals surface area (Å²) in [7, 11) is 1.74. The zero-order valence-corrected chi connectivity index (χ0v) is 17.9. The molecule has 0 bridgehead atoms. The second kappa shape index (κ2) is 9.50. The summed E-state index contributed by atoms with van der Waals surface area (Å²) in [4.78, 5) is 8.73. The molecule has 2 heterocycles. The van der Waals surface area contributed by atoms with Crippen LogP contribution in [0, 0.1) is 18.6 Å². The van der Waals surface area contributed by atoms with Gasteiger partial charge in [0, 0.05) is 42.0 Å². The molecule has 8 heteroatoms. The number of thiophene rings is 1. The van der Waals surface area contributed by atoms with Gasteiger partial charge in [0.25, 0.3) is 0 Å². The first-order chi connectivity index (χ1) is 12.0. The quantitative estimate of drug-likeness (QED) is 0.387. The molecule has 142 valence electrons. The number of nitrogens with one attached hydrogen (secondary N) is 2. The maximum Gasteiger partial charge on any atom is 0.191 e. The summed E-state index contributed by atoms with van der Waals surface area (Å²) in [5.41, 5.74) is 0.447. The van der Waals surface area contributed by atoms with Crippen LogP contribution < -0.4 is 15.5 Å². The van der Waals surface area contributed by atoms with Crippen molar-refractivity contribution >= 4 is 47.0 Å². The molecule has 0 radical (unpaired) electrons. The lowest BCUT2D eigenvalue weighted by molar-refractivity contribution is 0.580. The number of rotatable bonds is 4. The van der Waals surface area contributed by atoms with Crippen LogP contribution in [-0.4, -0.2) is 32.1 Å². The maximum atomic E-state index is 13.9. The van der Waals surface area contributed by atoms with Gasteiger partial charge in [-0.05, 0) is 37.6 Å². The Morgan fingerprint density at radius 3 is 2.77 bits per heavy atom. The van der Waals surface area contributed by atoms with Gasteiger partial charge in [-0.15, -0.1) is 35.3 Å². The third kappa shape index (κ3) is 5.29. The molecule has 1 atom stereocenters. The van der Waals surface area contributed by atoms with Crippen LogP contribution in [0.5, 0.6) is 0 Å². The van der Waals surface area contributed by atoms with Gasteiger partial charge in [0.05, 0.1) is 12.2 Å². The normalized spacial score (nSPS) is 17.2. The number of anilines is 1.